The summed E-state index contributed by atoms with van der Waals surface area (Å²) < 4.78 is 6.14. The molecule has 0 fully saturated rings. The number of benzene rings is 1. The third-order valence-corrected chi connectivity index (χ3v) is 5.98. The van der Waals surface area contributed by atoms with Crippen molar-refractivity contribution in [3.63, 3.8) is 0 Å². The van der Waals surface area contributed by atoms with Crippen molar-refractivity contribution in [3.05, 3.63) is 62.4 Å². The second-order valence-electron chi connectivity index (χ2n) is 6.18. The molecule has 0 unspecified atom stereocenters. The Morgan fingerprint density at radius 2 is 2.07 bits per heavy atom. The minimum absolute atomic E-state index is 0.187. The lowest BCUT2D eigenvalue weighted by Gasteiger charge is -2.26. The van der Waals surface area contributed by atoms with Gasteiger partial charge in [0.1, 0.15) is 5.69 Å². The zero-order chi connectivity index (χ0) is 18.8. The van der Waals surface area contributed by atoms with E-state index in [0.29, 0.717) is 18.8 Å². The standard InChI is InChI=1S/C19H16BrN3O3S/c20-14-3-1-12(2-4-14)15-9-16(22-21-15)19(25)26-11-18(24)23-7-5-17-13(10-23)6-8-27-17/h1-4,6,8-9H,5,7,10-11H2,(H,21,22). The molecule has 1 aliphatic rings. The number of amides is 1. The largest absolute Gasteiger partial charge is 0.451 e. The molecule has 0 spiro atoms. The molecule has 0 aliphatic carbocycles. The van der Waals surface area contributed by atoms with E-state index in [1.54, 1.807) is 22.3 Å². The second kappa shape index (κ2) is 7.66. The number of halogens is 1. The SMILES string of the molecule is O=C(OCC(=O)N1CCc2sccc2C1)c1cc(-c2ccc(Br)cc2)n[nH]1. The summed E-state index contributed by atoms with van der Waals surface area (Å²) in [6.45, 7) is 0.958. The zero-order valence-electron chi connectivity index (χ0n) is 14.3. The van der Waals surface area contributed by atoms with Crippen LogP contribution < -0.4 is 0 Å². The number of aromatic nitrogens is 2. The van der Waals surface area contributed by atoms with Crippen LogP contribution in [-0.2, 0) is 22.5 Å². The van der Waals surface area contributed by atoms with Gasteiger partial charge in [-0.3, -0.25) is 9.89 Å². The number of rotatable bonds is 4. The van der Waals surface area contributed by atoms with Crippen LogP contribution in [0.4, 0.5) is 0 Å². The summed E-state index contributed by atoms with van der Waals surface area (Å²) in [5.74, 6) is -0.778. The molecular weight excluding hydrogens is 430 g/mol. The molecule has 0 radical (unpaired) electrons. The number of nitrogens with zero attached hydrogens (tertiary/aromatic N) is 2. The highest BCUT2D eigenvalue weighted by molar-refractivity contribution is 9.10. The third-order valence-electron chi connectivity index (χ3n) is 4.42. The van der Waals surface area contributed by atoms with Crippen molar-refractivity contribution in [1.82, 2.24) is 15.1 Å². The van der Waals surface area contributed by atoms with Gasteiger partial charge in [-0.25, -0.2) is 4.79 Å². The number of fused-ring (bicyclic) bond motifs is 1. The number of carbonyl (C=O) groups is 2. The van der Waals surface area contributed by atoms with Crippen LogP contribution in [-0.4, -0.2) is 40.1 Å². The van der Waals surface area contributed by atoms with Gasteiger partial charge in [0, 0.05) is 28.0 Å². The van der Waals surface area contributed by atoms with Crippen molar-refractivity contribution in [3.8, 4) is 11.3 Å². The van der Waals surface area contributed by atoms with Gasteiger partial charge in [-0.1, -0.05) is 28.1 Å². The molecule has 2 aromatic heterocycles. The minimum atomic E-state index is -0.590. The molecule has 4 rings (SSSR count). The Balaban J connectivity index is 1.34. The minimum Gasteiger partial charge on any atom is -0.451 e. The van der Waals surface area contributed by atoms with Gasteiger partial charge in [-0.15, -0.1) is 11.3 Å². The van der Waals surface area contributed by atoms with Gasteiger partial charge in [0.25, 0.3) is 5.91 Å². The summed E-state index contributed by atoms with van der Waals surface area (Å²) in [6.07, 6.45) is 0.851. The number of hydrogen-bond acceptors (Lipinski definition) is 5. The van der Waals surface area contributed by atoms with E-state index in [0.717, 1.165) is 16.5 Å². The van der Waals surface area contributed by atoms with E-state index >= 15 is 0 Å². The van der Waals surface area contributed by atoms with Crippen LogP contribution in [0.15, 0.2) is 46.3 Å². The normalized spacial score (nSPS) is 13.3. The number of ether oxygens (including phenoxy) is 1. The second-order valence-corrected chi connectivity index (χ2v) is 8.10. The number of carbonyl (C=O) groups excluding carboxylic acids is 2. The van der Waals surface area contributed by atoms with Crippen LogP contribution in [0.2, 0.25) is 0 Å². The topological polar surface area (TPSA) is 75.3 Å². The molecule has 0 bridgehead atoms. The Hall–Kier alpha value is -2.45. The van der Waals surface area contributed by atoms with Gasteiger partial charge in [0.05, 0.1) is 5.69 Å². The lowest BCUT2D eigenvalue weighted by Crippen LogP contribution is -2.38. The van der Waals surface area contributed by atoms with Crippen molar-refractivity contribution in [2.75, 3.05) is 13.2 Å². The van der Waals surface area contributed by atoms with E-state index in [1.807, 2.05) is 35.7 Å². The lowest BCUT2D eigenvalue weighted by atomic mass is 10.1. The van der Waals surface area contributed by atoms with Crippen LogP contribution >= 0.6 is 27.3 Å². The summed E-state index contributed by atoms with van der Waals surface area (Å²) in [7, 11) is 0. The molecule has 0 saturated carbocycles. The van der Waals surface area contributed by atoms with E-state index in [4.69, 9.17) is 4.74 Å². The summed E-state index contributed by atoms with van der Waals surface area (Å²) >= 11 is 5.10. The van der Waals surface area contributed by atoms with E-state index in [-0.39, 0.29) is 18.2 Å². The Labute approximate surface area is 168 Å². The molecule has 1 aliphatic heterocycles. The fourth-order valence-electron chi connectivity index (χ4n) is 2.95. The van der Waals surface area contributed by atoms with Crippen molar-refractivity contribution >= 4 is 39.1 Å². The highest BCUT2D eigenvalue weighted by Crippen LogP contribution is 2.24. The highest BCUT2D eigenvalue weighted by atomic mass is 79.9. The fourth-order valence-corrected chi connectivity index (χ4v) is 4.11. The van der Waals surface area contributed by atoms with Crippen LogP contribution in [0.1, 0.15) is 20.9 Å². The average molecular weight is 446 g/mol. The van der Waals surface area contributed by atoms with E-state index < -0.39 is 5.97 Å². The van der Waals surface area contributed by atoms with Crippen LogP contribution in [0, 0.1) is 0 Å². The molecule has 6 nitrogen and oxygen atoms in total. The Bertz CT molecular complexity index is 980. The lowest BCUT2D eigenvalue weighted by molar-refractivity contribution is -0.135. The molecule has 3 aromatic rings. The van der Waals surface area contributed by atoms with Crippen LogP contribution in [0.3, 0.4) is 0 Å². The Morgan fingerprint density at radius 3 is 2.89 bits per heavy atom. The molecule has 3 heterocycles. The fraction of sp³-hybridized carbons (Fsp3) is 0.211. The summed E-state index contributed by atoms with van der Waals surface area (Å²) in [4.78, 5) is 27.6. The predicted octanol–water partition coefficient (Wildman–Crippen LogP) is 3.64. The van der Waals surface area contributed by atoms with Gasteiger partial charge in [0.2, 0.25) is 0 Å². The maximum Gasteiger partial charge on any atom is 0.356 e. The van der Waals surface area contributed by atoms with Gasteiger partial charge < -0.3 is 9.64 Å². The van der Waals surface area contributed by atoms with E-state index in [1.165, 1.54) is 10.4 Å². The van der Waals surface area contributed by atoms with Gasteiger partial charge in [-0.2, -0.15) is 5.10 Å². The number of hydrogen-bond donors (Lipinski definition) is 1. The van der Waals surface area contributed by atoms with Crippen molar-refractivity contribution in [2.24, 2.45) is 0 Å². The number of H-pyrrole nitrogens is 1. The summed E-state index contributed by atoms with van der Waals surface area (Å²) in [5, 5.41) is 8.85. The van der Waals surface area contributed by atoms with E-state index in [2.05, 4.69) is 26.1 Å². The first kappa shape index (κ1) is 17.9. The summed E-state index contributed by atoms with van der Waals surface area (Å²) in [5.41, 5.74) is 2.92. The van der Waals surface area contributed by atoms with Gasteiger partial charge in [-0.05, 0) is 41.6 Å². The molecule has 138 valence electrons. The van der Waals surface area contributed by atoms with Crippen molar-refractivity contribution < 1.29 is 14.3 Å². The molecular formula is C19H16BrN3O3S. The van der Waals surface area contributed by atoms with Gasteiger partial charge >= 0.3 is 5.97 Å². The van der Waals surface area contributed by atoms with Crippen LogP contribution in [0.5, 0.6) is 0 Å². The predicted molar refractivity (Wildman–Crippen MR) is 105 cm³/mol. The van der Waals surface area contributed by atoms with Crippen molar-refractivity contribution in [1.29, 1.82) is 0 Å². The molecule has 27 heavy (non-hydrogen) atoms. The maximum atomic E-state index is 12.3. The smallest absolute Gasteiger partial charge is 0.356 e. The molecule has 0 saturated heterocycles. The molecule has 0 atom stereocenters. The zero-order valence-corrected chi connectivity index (χ0v) is 16.7. The monoisotopic (exact) mass is 445 g/mol. The third kappa shape index (κ3) is 3.96. The number of esters is 1. The molecule has 8 heteroatoms. The van der Waals surface area contributed by atoms with Crippen molar-refractivity contribution in [2.45, 2.75) is 13.0 Å². The number of thiophene rings is 1. The average Bonchev–Trinajstić information content (AvgIpc) is 3.35. The number of aromatic amines is 1. The quantitative estimate of drug-likeness (QED) is 0.621. The van der Waals surface area contributed by atoms with Crippen LogP contribution in [0.25, 0.3) is 11.3 Å². The first-order valence-corrected chi connectivity index (χ1v) is 10.1. The Kier molecular flexibility index (Phi) is 5.09. The molecule has 1 N–H and O–H groups in total. The number of nitrogens with one attached hydrogen (secondary N) is 1. The van der Waals surface area contributed by atoms with E-state index in [9.17, 15) is 9.59 Å². The molecule has 1 aromatic carbocycles. The highest BCUT2D eigenvalue weighted by Gasteiger charge is 2.23. The first-order valence-electron chi connectivity index (χ1n) is 8.41. The summed E-state index contributed by atoms with van der Waals surface area (Å²) in [6, 6.07) is 11.3. The van der Waals surface area contributed by atoms with Gasteiger partial charge in [0.15, 0.2) is 6.61 Å². The maximum absolute atomic E-state index is 12.3. The Morgan fingerprint density at radius 1 is 1.26 bits per heavy atom. The molecule has 1 amide bonds. The first-order chi connectivity index (χ1) is 13.1.